The molecule has 0 bridgehead atoms. The first-order chi connectivity index (χ1) is 10.7. The third-order valence-electron chi connectivity index (χ3n) is 2.97. The van der Waals surface area contributed by atoms with Gasteiger partial charge in [0.2, 0.25) is 0 Å². The van der Waals surface area contributed by atoms with Gasteiger partial charge in [0.1, 0.15) is 0 Å². The van der Waals surface area contributed by atoms with Gasteiger partial charge in [-0.05, 0) is 29.3 Å². The van der Waals surface area contributed by atoms with Crippen molar-refractivity contribution in [3.63, 3.8) is 0 Å². The Morgan fingerprint density at radius 1 is 0.783 bits per heavy atom. The Morgan fingerprint density at radius 2 is 1.30 bits per heavy atom. The summed E-state index contributed by atoms with van der Waals surface area (Å²) in [5, 5.41) is 0. The second kappa shape index (κ2) is 6.44. The van der Waals surface area contributed by atoms with E-state index in [0.29, 0.717) is 12.1 Å². The summed E-state index contributed by atoms with van der Waals surface area (Å²) in [6.07, 6.45) is -8.70. The van der Waals surface area contributed by atoms with Crippen LogP contribution in [0.1, 0.15) is 22.3 Å². The Hall–Kier alpha value is -2.31. The highest BCUT2D eigenvalue weighted by Crippen LogP contribution is 2.36. The number of benzene rings is 2. The SMILES string of the molecule is FC(F)(F)c1cc(C=NCc2ccccc2)cc(C(F)(F)F)c1. The number of rotatable bonds is 3. The molecule has 0 aliphatic heterocycles. The van der Waals surface area contributed by atoms with Gasteiger partial charge >= 0.3 is 12.4 Å². The molecule has 7 heteroatoms. The number of aliphatic imine (C=N–C) groups is 1. The van der Waals surface area contributed by atoms with Crippen molar-refractivity contribution in [2.75, 3.05) is 0 Å². The van der Waals surface area contributed by atoms with Crippen molar-refractivity contribution >= 4 is 6.21 Å². The van der Waals surface area contributed by atoms with Gasteiger partial charge in [0, 0.05) is 6.21 Å². The van der Waals surface area contributed by atoms with E-state index in [1.807, 2.05) is 0 Å². The molecule has 0 aromatic heterocycles. The maximum Gasteiger partial charge on any atom is 0.416 e. The van der Waals surface area contributed by atoms with Crippen LogP contribution in [0.4, 0.5) is 26.3 Å². The highest BCUT2D eigenvalue weighted by molar-refractivity contribution is 5.80. The minimum atomic E-state index is -4.86. The van der Waals surface area contributed by atoms with Crippen LogP contribution in [0.3, 0.4) is 0 Å². The molecule has 0 radical (unpaired) electrons. The standard InChI is InChI=1S/C16H11F6N/c17-15(18,19)13-6-12(7-14(8-13)16(20,21)22)10-23-9-11-4-2-1-3-5-11/h1-8,10H,9H2. The molecule has 2 rings (SSSR count). The molecule has 122 valence electrons. The molecule has 0 N–H and O–H groups in total. The maximum atomic E-state index is 12.7. The molecule has 0 saturated carbocycles. The van der Waals surface area contributed by atoms with Crippen LogP contribution in [-0.2, 0) is 18.9 Å². The second-order valence-electron chi connectivity index (χ2n) is 4.79. The number of hydrogen-bond acceptors (Lipinski definition) is 1. The Balaban J connectivity index is 2.30. The topological polar surface area (TPSA) is 12.4 Å². The fourth-order valence-corrected chi connectivity index (χ4v) is 1.89. The van der Waals surface area contributed by atoms with Gasteiger partial charge < -0.3 is 0 Å². The Labute approximate surface area is 128 Å². The van der Waals surface area contributed by atoms with Gasteiger partial charge in [-0.2, -0.15) is 26.3 Å². The first kappa shape index (κ1) is 17.1. The number of halogens is 6. The Morgan fingerprint density at radius 3 is 1.78 bits per heavy atom. The summed E-state index contributed by atoms with van der Waals surface area (Å²) in [4.78, 5) is 3.90. The van der Waals surface area contributed by atoms with Gasteiger partial charge in [-0.3, -0.25) is 4.99 Å². The normalized spacial score (nSPS) is 12.8. The molecule has 0 unspecified atom stereocenters. The Bertz CT molecular complexity index is 654. The highest BCUT2D eigenvalue weighted by Gasteiger charge is 2.36. The van der Waals surface area contributed by atoms with Gasteiger partial charge in [0.15, 0.2) is 0 Å². The number of alkyl halides is 6. The molecule has 0 aliphatic carbocycles. The predicted octanol–water partition coefficient (Wildman–Crippen LogP) is 5.34. The Kier molecular flexibility index (Phi) is 4.77. The average molecular weight is 331 g/mol. The molecular formula is C16H11F6N. The first-order valence-electron chi connectivity index (χ1n) is 6.49. The van der Waals surface area contributed by atoms with Gasteiger partial charge in [0.25, 0.3) is 0 Å². The van der Waals surface area contributed by atoms with Gasteiger partial charge in [0.05, 0.1) is 17.7 Å². The second-order valence-corrected chi connectivity index (χ2v) is 4.79. The van der Waals surface area contributed by atoms with E-state index in [1.165, 1.54) is 0 Å². The van der Waals surface area contributed by atoms with E-state index in [2.05, 4.69) is 4.99 Å². The van der Waals surface area contributed by atoms with Crippen LogP contribution in [-0.4, -0.2) is 6.21 Å². The molecule has 0 amide bonds. The quantitative estimate of drug-likeness (QED) is 0.531. The van der Waals surface area contributed by atoms with Gasteiger partial charge in [-0.1, -0.05) is 30.3 Å². The lowest BCUT2D eigenvalue weighted by Gasteiger charge is -2.12. The lowest BCUT2D eigenvalue weighted by atomic mass is 10.1. The van der Waals surface area contributed by atoms with Gasteiger partial charge in [-0.25, -0.2) is 0 Å². The van der Waals surface area contributed by atoms with E-state index in [9.17, 15) is 26.3 Å². The zero-order valence-electron chi connectivity index (χ0n) is 11.6. The molecule has 23 heavy (non-hydrogen) atoms. The van der Waals surface area contributed by atoms with Crippen LogP contribution in [0.15, 0.2) is 53.5 Å². The van der Waals surface area contributed by atoms with Crippen molar-refractivity contribution in [3.05, 3.63) is 70.8 Å². The summed E-state index contributed by atoms with van der Waals surface area (Å²) >= 11 is 0. The smallest absolute Gasteiger partial charge is 0.288 e. The number of nitrogens with zero attached hydrogens (tertiary/aromatic N) is 1. The van der Waals surface area contributed by atoms with E-state index in [4.69, 9.17) is 0 Å². The minimum absolute atomic E-state index is 0.0918. The highest BCUT2D eigenvalue weighted by atomic mass is 19.4. The molecule has 0 saturated heterocycles. The van der Waals surface area contributed by atoms with Crippen molar-refractivity contribution in [2.24, 2.45) is 4.99 Å². The molecule has 1 nitrogen and oxygen atoms in total. The largest absolute Gasteiger partial charge is 0.416 e. The fraction of sp³-hybridized carbons (Fsp3) is 0.188. The van der Waals surface area contributed by atoms with E-state index >= 15 is 0 Å². The fourth-order valence-electron chi connectivity index (χ4n) is 1.89. The van der Waals surface area contributed by atoms with E-state index in [0.717, 1.165) is 11.8 Å². The summed E-state index contributed by atoms with van der Waals surface area (Å²) in [7, 11) is 0. The van der Waals surface area contributed by atoms with Crippen molar-refractivity contribution in [2.45, 2.75) is 18.9 Å². The van der Waals surface area contributed by atoms with Gasteiger partial charge in [-0.15, -0.1) is 0 Å². The van der Waals surface area contributed by atoms with E-state index < -0.39 is 23.5 Å². The zero-order valence-corrected chi connectivity index (χ0v) is 11.6. The van der Waals surface area contributed by atoms with Crippen LogP contribution >= 0.6 is 0 Å². The molecule has 2 aromatic carbocycles. The molecule has 0 fully saturated rings. The van der Waals surface area contributed by atoms with Crippen LogP contribution < -0.4 is 0 Å². The summed E-state index contributed by atoms with van der Waals surface area (Å²) in [5.41, 5.74) is -2.16. The third kappa shape index (κ3) is 4.84. The van der Waals surface area contributed by atoms with Crippen molar-refractivity contribution in [3.8, 4) is 0 Å². The molecule has 0 aliphatic rings. The summed E-state index contributed by atoms with van der Waals surface area (Å²) in [6, 6.07) is 10.2. The summed E-state index contributed by atoms with van der Waals surface area (Å²) in [5.74, 6) is 0. The van der Waals surface area contributed by atoms with Crippen LogP contribution in [0, 0.1) is 0 Å². The summed E-state index contributed by atoms with van der Waals surface area (Å²) in [6.45, 7) is 0.165. The molecule has 0 atom stereocenters. The minimum Gasteiger partial charge on any atom is -0.288 e. The van der Waals surface area contributed by atoms with Crippen LogP contribution in [0.5, 0.6) is 0 Å². The van der Waals surface area contributed by atoms with E-state index in [-0.39, 0.29) is 18.2 Å². The predicted molar refractivity (Wildman–Crippen MR) is 74.2 cm³/mol. The monoisotopic (exact) mass is 331 g/mol. The third-order valence-corrected chi connectivity index (χ3v) is 2.97. The zero-order chi connectivity index (χ0) is 17.1. The van der Waals surface area contributed by atoms with Crippen molar-refractivity contribution in [1.82, 2.24) is 0 Å². The molecule has 0 heterocycles. The first-order valence-corrected chi connectivity index (χ1v) is 6.49. The van der Waals surface area contributed by atoms with Crippen LogP contribution in [0.2, 0.25) is 0 Å². The number of hydrogen-bond donors (Lipinski definition) is 0. The van der Waals surface area contributed by atoms with Crippen molar-refractivity contribution < 1.29 is 26.3 Å². The maximum absolute atomic E-state index is 12.7. The lowest BCUT2D eigenvalue weighted by molar-refractivity contribution is -0.143. The average Bonchev–Trinajstić information content (AvgIpc) is 2.46. The van der Waals surface area contributed by atoms with E-state index in [1.54, 1.807) is 30.3 Å². The molecule has 2 aromatic rings. The molecular weight excluding hydrogens is 320 g/mol. The summed E-state index contributed by atoms with van der Waals surface area (Å²) < 4.78 is 76.3. The molecule has 0 spiro atoms. The van der Waals surface area contributed by atoms with Crippen molar-refractivity contribution in [1.29, 1.82) is 0 Å². The van der Waals surface area contributed by atoms with Crippen LogP contribution in [0.25, 0.3) is 0 Å². The lowest BCUT2D eigenvalue weighted by Crippen LogP contribution is -2.11.